The van der Waals surface area contributed by atoms with Crippen LogP contribution in [0.5, 0.6) is 0 Å². The minimum atomic E-state index is -0.589. The minimum absolute atomic E-state index is 0.133. The summed E-state index contributed by atoms with van der Waals surface area (Å²) in [6.07, 6.45) is 13.1. The van der Waals surface area contributed by atoms with Gasteiger partial charge in [0.1, 0.15) is 31.0 Å². The molecular weight excluding hydrogens is 1480 g/mol. The maximum Gasteiger partial charge on any atom is 0.333 e. The van der Waals surface area contributed by atoms with Gasteiger partial charge in [-0.15, -0.1) is 0 Å². The van der Waals surface area contributed by atoms with Gasteiger partial charge >= 0.3 is 28.4 Å². The fourth-order valence-electron chi connectivity index (χ4n) is 12.4. The van der Waals surface area contributed by atoms with Crippen molar-refractivity contribution in [3.05, 3.63) is 217 Å². The molecule has 0 saturated carbocycles. The average molecular weight is 1590 g/mol. The second kappa shape index (κ2) is 46.2. The molecule has 0 bridgehead atoms. The van der Waals surface area contributed by atoms with Crippen LogP contribution >= 0.6 is 0 Å². The van der Waals surface area contributed by atoms with E-state index in [4.69, 9.17) is 69.5 Å². The summed E-state index contributed by atoms with van der Waals surface area (Å²) < 4.78 is 65.7. The molecule has 113 heavy (non-hydrogen) atoms. The lowest BCUT2D eigenvalue weighted by Crippen LogP contribution is -2.42. The van der Waals surface area contributed by atoms with Crippen LogP contribution in [0.15, 0.2) is 112 Å². The third-order valence-corrected chi connectivity index (χ3v) is 18.3. The topological polar surface area (TPSA) is 540 Å². The Kier molecular flexibility index (Phi) is 37.6. The summed E-state index contributed by atoms with van der Waals surface area (Å²) in [7, 11) is 0. The van der Waals surface area contributed by atoms with Crippen molar-refractivity contribution < 1.29 is 47.4 Å². The van der Waals surface area contributed by atoms with Gasteiger partial charge in [-0.2, -0.15) is 0 Å². The average Bonchev–Trinajstić information content (AvgIpc) is 1.72. The molecule has 3 N–H and O–H groups in total. The molecule has 0 amide bonds. The number of unbranched alkanes of at least 4 members (excludes halogenated alkanes) is 1. The van der Waals surface area contributed by atoms with Crippen LogP contribution < -0.4 is 56.2 Å². The summed E-state index contributed by atoms with van der Waals surface area (Å²) in [6, 6.07) is -1.65. The van der Waals surface area contributed by atoms with Crippen molar-refractivity contribution in [3.63, 3.8) is 0 Å². The van der Waals surface area contributed by atoms with Crippen LogP contribution in [0.4, 0.5) is 0 Å². The molecule has 0 aliphatic carbocycles. The van der Waals surface area contributed by atoms with Crippen LogP contribution in [0, 0.1) is 34.6 Å². The van der Waals surface area contributed by atoms with E-state index in [-0.39, 0.29) is 35.5 Å². The van der Waals surface area contributed by atoms with Crippen LogP contribution in [0.3, 0.4) is 0 Å². The van der Waals surface area contributed by atoms with E-state index in [1.54, 1.807) is 40.7 Å². The predicted octanol–water partition coefficient (Wildman–Crippen LogP) is 7.44. The molecule has 10 rings (SSSR count). The van der Waals surface area contributed by atoms with Gasteiger partial charge in [-0.3, -0.25) is 70.9 Å². The molecule has 42 heteroatoms. The van der Waals surface area contributed by atoms with E-state index >= 15 is 0 Å². The lowest BCUT2D eigenvalue weighted by Gasteiger charge is -2.18. The fourth-order valence-corrected chi connectivity index (χ4v) is 12.4. The smallest absolute Gasteiger partial charge is 0.333 e. The molecule has 4 fully saturated rings. The normalized spacial score (nSPS) is 23.2. The first-order valence-corrected chi connectivity index (χ1v) is 37.8. The maximum absolute atomic E-state index is 12.7. The summed E-state index contributed by atoms with van der Waals surface area (Å²) in [5, 5.41) is 15.0. The molecule has 0 aromatic carbocycles. The van der Waals surface area contributed by atoms with Crippen molar-refractivity contribution in [2.24, 2.45) is 20.5 Å². The third kappa shape index (κ3) is 26.0. The molecular formula is C71H106N22O20. The zero-order valence-electron chi connectivity index (χ0n) is 66.2. The zero-order chi connectivity index (χ0) is 83.0. The van der Waals surface area contributed by atoms with Crippen molar-refractivity contribution in [2.45, 2.75) is 259 Å². The largest absolute Gasteiger partial charge is 0.379 e. The number of ether oxygens (including phenoxy) is 10. The Balaban J connectivity index is 0.000000221. The second-order valence-electron chi connectivity index (χ2n) is 27.5. The second-order valence-corrected chi connectivity index (χ2v) is 27.5. The predicted molar refractivity (Wildman–Crippen MR) is 413 cm³/mol. The number of hydrogen-bond donors (Lipinski definition) is 3. The van der Waals surface area contributed by atoms with Crippen LogP contribution in [0.1, 0.15) is 179 Å². The Labute approximate surface area is 648 Å². The van der Waals surface area contributed by atoms with E-state index in [1.165, 1.54) is 63.0 Å². The molecule has 0 radical (unpaired) electrons. The molecule has 4 unspecified atom stereocenters. The van der Waals surface area contributed by atoms with Crippen LogP contribution in [-0.4, -0.2) is 167 Å². The Morgan fingerprint density at radius 1 is 0.425 bits per heavy atom. The monoisotopic (exact) mass is 1590 g/mol. The molecule has 42 nitrogen and oxygen atoms in total. The summed E-state index contributed by atoms with van der Waals surface area (Å²) in [6.45, 7) is 28.5. The number of azide groups is 4. The molecule has 0 spiro atoms. The molecule has 5 aromatic rings. The molecule has 14 atom stereocenters. The number of aromatic nitrogens is 10. The van der Waals surface area contributed by atoms with Gasteiger partial charge in [-0.1, -0.05) is 67.6 Å². The van der Waals surface area contributed by atoms with Gasteiger partial charge in [0.2, 0.25) is 0 Å². The van der Waals surface area contributed by atoms with Crippen molar-refractivity contribution in [2.75, 3.05) is 59.5 Å². The Bertz CT molecular complexity index is 4820. The standard InChI is InChI=1S/C17H27N5O4.C16H25N5O4.C13H19N5O4.C13H18N2O4.C12H17N5O4/c1-4-6-8-25-11-14-13(19-20-18)9-15(26-14)22-10-12(3)16(23)21(7-5-2)17(22)24;1-4-6-20-15(22)11(3)9-21(16(20)23)14-8-12(18-19-17)13(25-14)10-24-7-5-2;1-3-4-21-7-10-9(16-17-14)5-11(22-10)18-6-8(2)12(19)15-13(18)20;1-8(2)18-7-10-4-5-11(19-10)15-6-9(3)12(16)14-13(15)17;1-3-20-6-9-8(15-16-13)4-10(21-9)17-5-7(2)11(18)14-12(17)19/h10,13-15H,4-9,11H2,1-3H3;9,12-14H,4-8,10H2,1-3H3;6,9-11H,3-5,7H2,1-2H3,(H,15,19,20);4-6,8,10-11H,7H2,1-3H3,(H,14,16,17);5,8-10H,3-4,6H2,1-2H3,(H,14,18,19)/t13?,14-,15-;12?,13-,14-;9?,10-,11-;10-,11+;8?,9-,10-/m11101/s1. The molecule has 5 aliphatic heterocycles. The summed E-state index contributed by atoms with van der Waals surface area (Å²) >= 11 is 0. The number of H-pyrrole nitrogens is 3. The third-order valence-electron chi connectivity index (χ3n) is 18.3. The van der Waals surface area contributed by atoms with Crippen LogP contribution in [0.2, 0.25) is 0 Å². The van der Waals surface area contributed by atoms with Crippen molar-refractivity contribution >= 4 is 0 Å². The zero-order valence-corrected chi connectivity index (χ0v) is 66.2. The van der Waals surface area contributed by atoms with Gasteiger partial charge in [0.25, 0.3) is 27.8 Å². The van der Waals surface area contributed by atoms with Crippen molar-refractivity contribution in [1.29, 1.82) is 0 Å². The van der Waals surface area contributed by atoms with Crippen LogP contribution in [0.25, 0.3) is 41.8 Å². The van der Waals surface area contributed by atoms with Gasteiger partial charge in [0, 0.05) is 144 Å². The highest BCUT2D eigenvalue weighted by Gasteiger charge is 2.40. The molecule has 5 aromatic heterocycles. The minimum Gasteiger partial charge on any atom is -0.379 e. The number of nitrogens with zero attached hydrogens (tertiary/aromatic N) is 19. The number of nitrogens with one attached hydrogen (secondary N) is 3. The van der Waals surface area contributed by atoms with Crippen molar-refractivity contribution in [1.82, 2.24) is 46.9 Å². The van der Waals surface area contributed by atoms with E-state index in [0.29, 0.717) is 132 Å². The molecule has 10 heterocycles. The van der Waals surface area contributed by atoms with Crippen LogP contribution in [-0.2, 0) is 60.5 Å². The highest BCUT2D eigenvalue weighted by Crippen LogP contribution is 2.34. The first kappa shape index (κ1) is 91.9. The Morgan fingerprint density at radius 2 is 0.761 bits per heavy atom. The summed E-state index contributed by atoms with van der Waals surface area (Å²) in [5.41, 5.74) is 32.9. The number of hydrogen-bond acceptors (Lipinski definition) is 24. The van der Waals surface area contributed by atoms with Gasteiger partial charge in [0.05, 0.1) is 87.7 Å². The fraction of sp³-hybridized carbons (Fsp3) is 0.690. The SMILES string of the molecule is CCCCOC[C@H]1O[C@@H](n2cc(C)c(=O)n(CCC)c2=O)CC1N=[N+]=[N-].CCCOC[C@H]1O[C@@H](n2cc(C)c(=O)[nH]c2=O)CC1N=[N+]=[N-].CCCOC[C@H]1O[C@@H](n2cc(C)c(=O)n(CCC)c2=O)CC1N=[N+]=[N-].CCOC[C@H]1O[C@@H](n2cc(C)c(=O)[nH]c2=O)CC1N=[N+]=[N-].Cc1cn([C@H]2C=C[C@@H](COC(C)C)O2)c(=O)[nH]c1=O. The quantitative estimate of drug-likeness (QED) is 0.0124. The van der Waals surface area contributed by atoms with E-state index in [1.807, 2.05) is 54.5 Å². The van der Waals surface area contributed by atoms with Gasteiger partial charge < -0.3 is 47.4 Å². The van der Waals surface area contributed by atoms with Gasteiger partial charge in [-0.25, -0.2) is 24.0 Å². The summed E-state index contributed by atoms with van der Waals surface area (Å²) in [5.74, 6) is 0. The Hall–Kier alpha value is -10.0. The first-order valence-electron chi connectivity index (χ1n) is 37.8. The van der Waals surface area contributed by atoms with Crippen molar-refractivity contribution in [3.8, 4) is 0 Å². The number of aromatic amines is 3. The van der Waals surface area contributed by atoms with Gasteiger partial charge in [-0.05, 0) is 116 Å². The maximum atomic E-state index is 12.7. The summed E-state index contributed by atoms with van der Waals surface area (Å²) in [4.78, 5) is 137. The van der Waals surface area contributed by atoms with Gasteiger partial charge in [0.15, 0.2) is 6.23 Å². The molecule has 620 valence electrons. The highest BCUT2D eigenvalue weighted by atomic mass is 16.6. The van der Waals surface area contributed by atoms with E-state index in [2.05, 4.69) is 62.0 Å². The van der Waals surface area contributed by atoms with E-state index in [9.17, 15) is 47.9 Å². The van der Waals surface area contributed by atoms with E-state index < -0.39 is 119 Å². The lowest BCUT2D eigenvalue weighted by molar-refractivity contribution is -0.0461. The number of aryl methyl sites for hydroxylation is 5. The Morgan fingerprint density at radius 3 is 1.10 bits per heavy atom. The molecule has 4 saturated heterocycles. The molecule has 5 aliphatic rings. The first-order chi connectivity index (χ1) is 54.1. The highest BCUT2D eigenvalue weighted by molar-refractivity contribution is 5.09. The lowest BCUT2D eigenvalue weighted by atomic mass is 10.1. The van der Waals surface area contributed by atoms with E-state index in [0.717, 1.165) is 25.7 Å². The number of rotatable bonds is 32.